The Morgan fingerprint density at radius 2 is 2.10 bits per heavy atom. The second kappa shape index (κ2) is 4.79. The first-order valence-electron chi connectivity index (χ1n) is 6.92. The summed E-state index contributed by atoms with van der Waals surface area (Å²) in [5, 5.41) is 9.47. The number of nitrogens with zero attached hydrogens (tertiary/aromatic N) is 1. The molecule has 1 heterocycles. The lowest BCUT2D eigenvalue weighted by Gasteiger charge is -2.23. The maximum Gasteiger partial charge on any atom is 0.311 e. The van der Waals surface area contributed by atoms with Crippen molar-refractivity contribution in [2.75, 3.05) is 13.1 Å². The number of carboxylic acid groups (broad SMARTS) is 1. The van der Waals surface area contributed by atoms with Crippen LogP contribution in [0, 0.1) is 23.0 Å². The Morgan fingerprint density at radius 1 is 1.33 bits per heavy atom. The SMILES string of the molecule is O=C(c1ccc(F)cc1F)N1C[C@@H]2CCC[C@@]2(C(=O)O)C1. The molecule has 0 bridgehead atoms. The molecule has 1 amide bonds. The maximum atomic E-state index is 13.7. The fourth-order valence-electron chi connectivity index (χ4n) is 3.63. The summed E-state index contributed by atoms with van der Waals surface area (Å²) in [6.07, 6.45) is 2.15. The number of aliphatic carboxylic acids is 1. The highest BCUT2D eigenvalue weighted by Gasteiger charge is 2.55. The zero-order valence-electron chi connectivity index (χ0n) is 11.3. The molecule has 1 aliphatic carbocycles. The third-order valence-electron chi connectivity index (χ3n) is 4.75. The van der Waals surface area contributed by atoms with Crippen LogP contribution in [0.3, 0.4) is 0 Å². The van der Waals surface area contributed by atoms with E-state index in [2.05, 4.69) is 0 Å². The summed E-state index contributed by atoms with van der Waals surface area (Å²) in [7, 11) is 0. The van der Waals surface area contributed by atoms with E-state index in [1.54, 1.807) is 0 Å². The normalized spacial score (nSPS) is 27.7. The van der Waals surface area contributed by atoms with Crippen LogP contribution in [-0.2, 0) is 4.79 Å². The van der Waals surface area contributed by atoms with E-state index in [1.165, 1.54) is 4.90 Å². The average Bonchev–Trinajstić information content (AvgIpc) is 2.95. The number of halogens is 2. The first kappa shape index (κ1) is 14.0. The predicted octanol–water partition coefficient (Wildman–Crippen LogP) is 2.29. The Morgan fingerprint density at radius 3 is 2.71 bits per heavy atom. The Hall–Kier alpha value is -1.98. The second-order valence-electron chi connectivity index (χ2n) is 5.86. The minimum atomic E-state index is -0.915. The van der Waals surface area contributed by atoms with E-state index in [9.17, 15) is 23.5 Å². The average molecular weight is 295 g/mol. The summed E-state index contributed by atoms with van der Waals surface area (Å²) in [5.74, 6) is -3.20. The summed E-state index contributed by atoms with van der Waals surface area (Å²) in [4.78, 5) is 25.3. The van der Waals surface area contributed by atoms with E-state index in [-0.39, 0.29) is 18.0 Å². The van der Waals surface area contributed by atoms with E-state index in [1.807, 2.05) is 0 Å². The molecule has 1 N–H and O–H groups in total. The number of rotatable bonds is 2. The summed E-state index contributed by atoms with van der Waals surface area (Å²) < 4.78 is 26.6. The number of carbonyl (C=O) groups excluding carboxylic acids is 1. The van der Waals surface area contributed by atoms with Crippen LogP contribution >= 0.6 is 0 Å². The standard InChI is InChI=1S/C15H15F2NO3/c16-10-3-4-11(12(17)6-10)13(19)18-7-9-2-1-5-15(9,8-18)14(20)21/h3-4,6,9H,1-2,5,7-8H2,(H,20,21)/t9-,15+/m0/s1. The Balaban J connectivity index is 1.86. The van der Waals surface area contributed by atoms with Gasteiger partial charge < -0.3 is 10.0 Å². The number of fused-ring (bicyclic) bond motifs is 1. The molecule has 2 aliphatic rings. The van der Waals surface area contributed by atoms with Gasteiger partial charge >= 0.3 is 5.97 Å². The van der Waals surface area contributed by atoms with Crippen molar-refractivity contribution in [2.45, 2.75) is 19.3 Å². The minimum absolute atomic E-state index is 0.0811. The molecule has 0 unspecified atom stereocenters. The fraction of sp³-hybridized carbons (Fsp3) is 0.467. The number of likely N-dealkylation sites (tertiary alicyclic amines) is 1. The molecular weight excluding hydrogens is 280 g/mol. The lowest BCUT2D eigenvalue weighted by atomic mass is 9.81. The second-order valence-corrected chi connectivity index (χ2v) is 5.86. The largest absolute Gasteiger partial charge is 0.481 e. The number of carboxylic acids is 1. The van der Waals surface area contributed by atoms with Crippen LogP contribution in [0.4, 0.5) is 8.78 Å². The number of amides is 1. The summed E-state index contributed by atoms with van der Waals surface area (Å²) in [5.41, 5.74) is -1.11. The molecular formula is C15H15F2NO3. The van der Waals surface area contributed by atoms with Crippen LogP contribution in [0.15, 0.2) is 18.2 Å². The third kappa shape index (κ3) is 2.09. The molecule has 21 heavy (non-hydrogen) atoms. The van der Waals surface area contributed by atoms with Crippen molar-refractivity contribution in [3.05, 3.63) is 35.4 Å². The highest BCUT2D eigenvalue weighted by Crippen LogP contribution is 2.49. The predicted molar refractivity (Wildman–Crippen MR) is 69.7 cm³/mol. The van der Waals surface area contributed by atoms with Gasteiger partial charge in [0.1, 0.15) is 11.6 Å². The first-order valence-corrected chi connectivity index (χ1v) is 6.92. The molecule has 1 saturated heterocycles. The highest BCUT2D eigenvalue weighted by atomic mass is 19.1. The highest BCUT2D eigenvalue weighted by molar-refractivity contribution is 5.95. The van der Waals surface area contributed by atoms with Gasteiger partial charge in [-0.25, -0.2) is 8.78 Å². The molecule has 0 spiro atoms. The van der Waals surface area contributed by atoms with E-state index in [0.29, 0.717) is 19.0 Å². The van der Waals surface area contributed by atoms with Crippen molar-refractivity contribution in [1.82, 2.24) is 4.90 Å². The Labute approximate surface area is 120 Å². The molecule has 112 valence electrons. The van der Waals surface area contributed by atoms with E-state index < -0.39 is 28.9 Å². The summed E-state index contributed by atoms with van der Waals surface area (Å²) in [6.45, 7) is 0.421. The van der Waals surface area contributed by atoms with Gasteiger partial charge in [0.15, 0.2) is 0 Å². The first-order chi connectivity index (χ1) is 9.94. The molecule has 1 saturated carbocycles. The minimum Gasteiger partial charge on any atom is -0.481 e. The molecule has 0 aromatic heterocycles. The van der Waals surface area contributed by atoms with Crippen molar-refractivity contribution in [2.24, 2.45) is 11.3 Å². The molecule has 0 radical (unpaired) electrons. The van der Waals surface area contributed by atoms with Crippen LogP contribution in [0.2, 0.25) is 0 Å². The maximum absolute atomic E-state index is 13.7. The lowest BCUT2D eigenvalue weighted by Crippen LogP contribution is -2.37. The molecule has 1 aromatic carbocycles. The zero-order valence-corrected chi connectivity index (χ0v) is 11.3. The number of carbonyl (C=O) groups is 2. The molecule has 2 atom stereocenters. The van der Waals surface area contributed by atoms with E-state index >= 15 is 0 Å². The summed E-state index contributed by atoms with van der Waals surface area (Å²) >= 11 is 0. The van der Waals surface area contributed by atoms with Gasteiger partial charge in [-0.3, -0.25) is 9.59 Å². The van der Waals surface area contributed by atoms with E-state index in [4.69, 9.17) is 0 Å². The Bertz CT molecular complexity index is 619. The smallest absolute Gasteiger partial charge is 0.311 e. The molecule has 3 rings (SSSR count). The lowest BCUT2D eigenvalue weighted by molar-refractivity contribution is -0.149. The number of hydrogen-bond acceptors (Lipinski definition) is 2. The van der Waals surface area contributed by atoms with Gasteiger partial charge in [-0.2, -0.15) is 0 Å². The van der Waals surface area contributed by atoms with Crippen LogP contribution in [0.1, 0.15) is 29.6 Å². The van der Waals surface area contributed by atoms with Crippen LogP contribution in [-0.4, -0.2) is 35.0 Å². The third-order valence-corrected chi connectivity index (χ3v) is 4.75. The number of hydrogen-bond donors (Lipinski definition) is 1. The van der Waals surface area contributed by atoms with Gasteiger partial charge in [0, 0.05) is 19.2 Å². The quantitative estimate of drug-likeness (QED) is 0.910. The van der Waals surface area contributed by atoms with Crippen molar-refractivity contribution >= 4 is 11.9 Å². The van der Waals surface area contributed by atoms with Gasteiger partial charge in [-0.05, 0) is 30.9 Å². The van der Waals surface area contributed by atoms with Gasteiger partial charge in [-0.1, -0.05) is 6.42 Å². The van der Waals surface area contributed by atoms with Gasteiger partial charge in [0.25, 0.3) is 5.91 Å². The molecule has 1 aliphatic heterocycles. The number of benzene rings is 1. The van der Waals surface area contributed by atoms with Crippen LogP contribution in [0.25, 0.3) is 0 Å². The molecule has 2 fully saturated rings. The molecule has 1 aromatic rings. The fourth-order valence-corrected chi connectivity index (χ4v) is 3.63. The zero-order chi connectivity index (χ0) is 15.2. The Kier molecular flexibility index (Phi) is 3.19. The van der Waals surface area contributed by atoms with Crippen molar-refractivity contribution in [3.63, 3.8) is 0 Å². The van der Waals surface area contributed by atoms with Gasteiger partial charge in [-0.15, -0.1) is 0 Å². The van der Waals surface area contributed by atoms with Gasteiger partial charge in [0.2, 0.25) is 0 Å². The summed E-state index contributed by atoms with van der Waals surface area (Å²) in [6, 6.07) is 2.80. The van der Waals surface area contributed by atoms with E-state index in [0.717, 1.165) is 25.0 Å². The molecule has 6 heteroatoms. The monoisotopic (exact) mass is 295 g/mol. The van der Waals surface area contributed by atoms with Crippen LogP contribution < -0.4 is 0 Å². The topological polar surface area (TPSA) is 57.6 Å². The van der Waals surface area contributed by atoms with Gasteiger partial charge in [0.05, 0.1) is 11.0 Å². The van der Waals surface area contributed by atoms with Crippen molar-refractivity contribution < 1.29 is 23.5 Å². The van der Waals surface area contributed by atoms with Crippen molar-refractivity contribution in [1.29, 1.82) is 0 Å². The molecule has 4 nitrogen and oxygen atoms in total. The van der Waals surface area contributed by atoms with Crippen molar-refractivity contribution in [3.8, 4) is 0 Å². The van der Waals surface area contributed by atoms with Crippen LogP contribution in [0.5, 0.6) is 0 Å².